The van der Waals surface area contributed by atoms with E-state index in [1.54, 1.807) is 12.1 Å². The van der Waals surface area contributed by atoms with Gasteiger partial charge in [0.25, 0.3) is 0 Å². The number of hydrogen-bond donors (Lipinski definition) is 2. The van der Waals surface area contributed by atoms with Gasteiger partial charge in [0, 0.05) is 22.2 Å². The molecule has 0 aliphatic rings. The summed E-state index contributed by atoms with van der Waals surface area (Å²) in [4.78, 5) is 14.7. The first-order valence-electron chi connectivity index (χ1n) is 6.08. The summed E-state index contributed by atoms with van der Waals surface area (Å²) >= 11 is 0. The SMILES string of the molecule is Cc1[nH]c2ccccc2c1-c1ccccc1C(=O)O. The molecule has 0 aliphatic carbocycles. The summed E-state index contributed by atoms with van der Waals surface area (Å²) < 4.78 is 0. The molecule has 0 fully saturated rings. The molecule has 3 heteroatoms. The first-order valence-corrected chi connectivity index (χ1v) is 6.08. The minimum absolute atomic E-state index is 0.329. The molecule has 1 aromatic heterocycles. The predicted octanol–water partition coefficient (Wildman–Crippen LogP) is 3.84. The van der Waals surface area contributed by atoms with Crippen molar-refractivity contribution in [2.45, 2.75) is 6.92 Å². The fourth-order valence-electron chi connectivity index (χ4n) is 2.51. The summed E-state index contributed by atoms with van der Waals surface area (Å²) in [6.45, 7) is 1.97. The monoisotopic (exact) mass is 251 g/mol. The number of carbonyl (C=O) groups is 1. The fraction of sp³-hybridized carbons (Fsp3) is 0.0625. The first kappa shape index (κ1) is 11.5. The number of fused-ring (bicyclic) bond motifs is 1. The number of aromatic nitrogens is 1. The maximum absolute atomic E-state index is 11.4. The Labute approximate surface area is 110 Å². The van der Waals surface area contributed by atoms with E-state index in [4.69, 9.17) is 0 Å². The van der Waals surface area contributed by atoms with E-state index in [9.17, 15) is 9.90 Å². The number of H-pyrrole nitrogens is 1. The van der Waals surface area contributed by atoms with Crippen molar-refractivity contribution in [3.8, 4) is 11.1 Å². The van der Waals surface area contributed by atoms with Gasteiger partial charge in [0.1, 0.15) is 0 Å². The summed E-state index contributed by atoms with van der Waals surface area (Å²) in [6, 6.07) is 15.0. The van der Waals surface area contributed by atoms with Crippen molar-refractivity contribution < 1.29 is 9.90 Å². The van der Waals surface area contributed by atoms with Crippen LogP contribution in [0.2, 0.25) is 0 Å². The van der Waals surface area contributed by atoms with Crippen LogP contribution in [0.25, 0.3) is 22.0 Å². The van der Waals surface area contributed by atoms with Gasteiger partial charge in [0.2, 0.25) is 0 Å². The number of nitrogens with one attached hydrogen (secondary N) is 1. The Bertz CT molecular complexity index is 771. The lowest BCUT2D eigenvalue weighted by Gasteiger charge is -2.06. The van der Waals surface area contributed by atoms with Gasteiger partial charge in [0.05, 0.1) is 5.56 Å². The third kappa shape index (κ3) is 1.80. The molecule has 0 radical (unpaired) electrons. The summed E-state index contributed by atoms with van der Waals surface area (Å²) in [5.74, 6) is -0.903. The van der Waals surface area contributed by atoms with Crippen LogP contribution in [0.3, 0.4) is 0 Å². The number of carboxylic acid groups (broad SMARTS) is 1. The molecule has 3 aromatic rings. The third-order valence-corrected chi connectivity index (χ3v) is 3.32. The predicted molar refractivity (Wildman–Crippen MR) is 75.4 cm³/mol. The van der Waals surface area contributed by atoms with E-state index in [0.29, 0.717) is 5.56 Å². The van der Waals surface area contributed by atoms with Crippen LogP contribution >= 0.6 is 0 Å². The Kier molecular flexibility index (Phi) is 2.60. The molecule has 1 heterocycles. The number of aromatic amines is 1. The van der Waals surface area contributed by atoms with E-state index < -0.39 is 5.97 Å². The lowest BCUT2D eigenvalue weighted by atomic mass is 9.97. The lowest BCUT2D eigenvalue weighted by molar-refractivity contribution is 0.0698. The van der Waals surface area contributed by atoms with E-state index in [-0.39, 0.29) is 0 Å². The number of rotatable bonds is 2. The molecule has 2 aromatic carbocycles. The van der Waals surface area contributed by atoms with Gasteiger partial charge in [0.15, 0.2) is 0 Å². The minimum Gasteiger partial charge on any atom is -0.478 e. The highest BCUT2D eigenvalue weighted by Crippen LogP contribution is 2.34. The van der Waals surface area contributed by atoms with Gasteiger partial charge in [-0.15, -0.1) is 0 Å². The first-order chi connectivity index (χ1) is 9.18. The number of para-hydroxylation sites is 1. The van der Waals surface area contributed by atoms with Crippen molar-refractivity contribution in [1.29, 1.82) is 0 Å². The maximum Gasteiger partial charge on any atom is 0.336 e. The van der Waals surface area contributed by atoms with Crippen molar-refractivity contribution in [3.05, 3.63) is 59.8 Å². The highest BCUT2D eigenvalue weighted by Gasteiger charge is 2.16. The van der Waals surface area contributed by atoms with Crippen molar-refractivity contribution >= 4 is 16.9 Å². The standard InChI is InChI=1S/C16H13NO2/c1-10-15(13-8-4-5-9-14(13)17-10)11-6-2-3-7-12(11)16(18)19/h2-9,17H,1H3,(H,18,19). The molecule has 0 saturated heterocycles. The second kappa shape index (κ2) is 4.28. The van der Waals surface area contributed by atoms with Gasteiger partial charge in [-0.05, 0) is 24.6 Å². The van der Waals surface area contributed by atoms with Crippen LogP contribution in [0.15, 0.2) is 48.5 Å². The molecule has 19 heavy (non-hydrogen) atoms. The lowest BCUT2D eigenvalue weighted by Crippen LogP contribution is -1.99. The summed E-state index contributed by atoms with van der Waals surface area (Å²) in [5.41, 5.74) is 4.05. The number of carboxylic acids is 1. The van der Waals surface area contributed by atoms with E-state index in [0.717, 1.165) is 27.7 Å². The average Bonchev–Trinajstić information content (AvgIpc) is 2.74. The zero-order valence-corrected chi connectivity index (χ0v) is 10.5. The van der Waals surface area contributed by atoms with Crippen LogP contribution in [0.1, 0.15) is 16.1 Å². The van der Waals surface area contributed by atoms with Crippen molar-refractivity contribution in [2.24, 2.45) is 0 Å². The molecule has 0 amide bonds. The van der Waals surface area contributed by atoms with Gasteiger partial charge in [-0.1, -0.05) is 36.4 Å². The Morgan fingerprint density at radius 1 is 1.05 bits per heavy atom. The summed E-state index contributed by atoms with van der Waals surface area (Å²) in [6.07, 6.45) is 0. The van der Waals surface area contributed by atoms with Crippen LogP contribution in [0, 0.1) is 6.92 Å². The summed E-state index contributed by atoms with van der Waals surface area (Å²) in [5, 5.41) is 10.4. The van der Waals surface area contributed by atoms with E-state index >= 15 is 0 Å². The number of aromatic carboxylic acids is 1. The molecule has 0 atom stereocenters. The normalized spacial score (nSPS) is 10.8. The van der Waals surface area contributed by atoms with Crippen molar-refractivity contribution in [2.75, 3.05) is 0 Å². The number of aryl methyl sites for hydroxylation is 1. The largest absolute Gasteiger partial charge is 0.478 e. The molecule has 3 rings (SSSR count). The smallest absolute Gasteiger partial charge is 0.336 e. The molecule has 94 valence electrons. The van der Waals surface area contributed by atoms with Crippen molar-refractivity contribution in [3.63, 3.8) is 0 Å². The summed E-state index contributed by atoms with van der Waals surface area (Å²) in [7, 11) is 0. The van der Waals surface area contributed by atoms with E-state index in [1.165, 1.54) is 0 Å². The molecular weight excluding hydrogens is 238 g/mol. The highest BCUT2D eigenvalue weighted by molar-refractivity contribution is 6.04. The van der Waals surface area contributed by atoms with Gasteiger partial charge in [-0.25, -0.2) is 4.79 Å². The Hall–Kier alpha value is -2.55. The van der Waals surface area contributed by atoms with E-state index in [1.807, 2.05) is 43.3 Å². The van der Waals surface area contributed by atoms with Crippen LogP contribution in [-0.4, -0.2) is 16.1 Å². The molecule has 0 saturated carbocycles. The number of hydrogen-bond acceptors (Lipinski definition) is 1. The molecule has 0 aliphatic heterocycles. The second-order valence-electron chi connectivity index (χ2n) is 4.52. The third-order valence-electron chi connectivity index (χ3n) is 3.32. The second-order valence-corrected chi connectivity index (χ2v) is 4.52. The molecule has 2 N–H and O–H groups in total. The highest BCUT2D eigenvalue weighted by atomic mass is 16.4. The van der Waals surface area contributed by atoms with Gasteiger partial charge >= 0.3 is 5.97 Å². The van der Waals surface area contributed by atoms with Crippen LogP contribution in [0.4, 0.5) is 0 Å². The molecule has 3 nitrogen and oxygen atoms in total. The van der Waals surface area contributed by atoms with Crippen molar-refractivity contribution in [1.82, 2.24) is 4.98 Å². The number of benzene rings is 2. The van der Waals surface area contributed by atoms with Gasteiger partial charge in [-0.2, -0.15) is 0 Å². The average molecular weight is 251 g/mol. The Balaban J connectivity index is 2.37. The Morgan fingerprint density at radius 2 is 1.74 bits per heavy atom. The quantitative estimate of drug-likeness (QED) is 0.727. The van der Waals surface area contributed by atoms with Gasteiger partial charge < -0.3 is 10.1 Å². The van der Waals surface area contributed by atoms with Crippen LogP contribution in [-0.2, 0) is 0 Å². The zero-order chi connectivity index (χ0) is 13.4. The molecule has 0 bridgehead atoms. The topological polar surface area (TPSA) is 53.1 Å². The van der Waals surface area contributed by atoms with Crippen LogP contribution < -0.4 is 0 Å². The van der Waals surface area contributed by atoms with Gasteiger partial charge in [-0.3, -0.25) is 0 Å². The minimum atomic E-state index is -0.903. The zero-order valence-electron chi connectivity index (χ0n) is 10.5. The molecular formula is C16H13NO2. The maximum atomic E-state index is 11.4. The fourth-order valence-corrected chi connectivity index (χ4v) is 2.51. The Morgan fingerprint density at radius 3 is 2.53 bits per heavy atom. The molecule has 0 spiro atoms. The van der Waals surface area contributed by atoms with E-state index in [2.05, 4.69) is 4.98 Å². The van der Waals surface area contributed by atoms with Crippen LogP contribution in [0.5, 0.6) is 0 Å². The molecule has 0 unspecified atom stereocenters.